The Morgan fingerprint density at radius 2 is 1.50 bits per heavy atom. The molecule has 16 heavy (non-hydrogen) atoms. The van der Waals surface area contributed by atoms with Crippen LogP contribution in [0.25, 0.3) is 0 Å². The highest BCUT2D eigenvalue weighted by molar-refractivity contribution is 5.62. The number of aryl methyl sites for hydroxylation is 2. The Morgan fingerprint density at radius 1 is 0.938 bits per heavy atom. The largest absolute Gasteiger partial charge is 0.385 e. The monoisotopic (exact) mass is 220 g/mol. The second kappa shape index (κ2) is 5.90. The zero-order chi connectivity index (χ0) is 12.1. The molecule has 0 aliphatic carbocycles. The second-order valence-electron chi connectivity index (χ2n) is 4.52. The molecule has 1 aromatic carbocycles. The van der Waals surface area contributed by atoms with Gasteiger partial charge in [0.2, 0.25) is 0 Å². The lowest BCUT2D eigenvalue weighted by molar-refractivity contribution is 0.747. The minimum Gasteiger partial charge on any atom is -0.385 e. The molecule has 0 aromatic heterocycles. The summed E-state index contributed by atoms with van der Waals surface area (Å²) in [6, 6.07) is 2.27. The lowest BCUT2D eigenvalue weighted by atomic mass is 9.98. The van der Waals surface area contributed by atoms with Crippen molar-refractivity contribution in [3.05, 3.63) is 28.3 Å². The predicted molar refractivity (Wildman–Crippen MR) is 72.4 cm³/mol. The molecule has 0 radical (unpaired) electrons. The van der Waals surface area contributed by atoms with Gasteiger partial charge in [0.05, 0.1) is 0 Å². The molecule has 0 aliphatic rings. The molecular weight excluding hydrogens is 196 g/mol. The first-order chi connectivity index (χ1) is 7.57. The van der Waals surface area contributed by atoms with Gasteiger partial charge in [-0.3, -0.25) is 0 Å². The average molecular weight is 220 g/mol. The molecule has 2 nitrogen and oxygen atoms in total. The summed E-state index contributed by atoms with van der Waals surface area (Å²) in [6.07, 6.45) is 1.16. The number of rotatable bonds is 5. The highest BCUT2D eigenvalue weighted by Crippen LogP contribution is 2.26. The number of nitrogens with one attached hydrogen (secondary N) is 2. The third-order valence-electron chi connectivity index (χ3n) is 3.27. The van der Waals surface area contributed by atoms with E-state index < -0.39 is 0 Å². The second-order valence-corrected chi connectivity index (χ2v) is 4.52. The van der Waals surface area contributed by atoms with Crippen molar-refractivity contribution in [2.24, 2.45) is 0 Å². The molecule has 0 heterocycles. The van der Waals surface area contributed by atoms with Gasteiger partial charge in [0.1, 0.15) is 0 Å². The lowest BCUT2D eigenvalue weighted by Crippen LogP contribution is -2.14. The minimum atomic E-state index is 1.03. The van der Waals surface area contributed by atoms with E-state index in [1.54, 1.807) is 0 Å². The maximum absolute atomic E-state index is 3.56. The van der Waals surface area contributed by atoms with E-state index in [2.05, 4.69) is 44.4 Å². The van der Waals surface area contributed by atoms with Gasteiger partial charge >= 0.3 is 0 Å². The highest BCUT2D eigenvalue weighted by atomic mass is 14.9. The Balaban J connectivity index is 2.78. The van der Waals surface area contributed by atoms with Crippen LogP contribution < -0.4 is 10.6 Å². The van der Waals surface area contributed by atoms with Gasteiger partial charge < -0.3 is 10.6 Å². The molecule has 0 aliphatic heterocycles. The third-order valence-corrected chi connectivity index (χ3v) is 3.27. The summed E-state index contributed by atoms with van der Waals surface area (Å²) in [4.78, 5) is 0. The van der Waals surface area contributed by atoms with E-state index in [1.807, 2.05) is 7.05 Å². The normalized spacial score (nSPS) is 10.6. The van der Waals surface area contributed by atoms with Crippen LogP contribution in [0, 0.1) is 27.7 Å². The quantitative estimate of drug-likeness (QED) is 0.746. The third kappa shape index (κ3) is 2.99. The molecule has 0 spiro atoms. The van der Waals surface area contributed by atoms with Gasteiger partial charge in [-0.2, -0.15) is 0 Å². The van der Waals surface area contributed by atoms with Crippen molar-refractivity contribution in [2.45, 2.75) is 34.1 Å². The fraction of sp³-hybridized carbons (Fsp3) is 0.571. The van der Waals surface area contributed by atoms with Crippen molar-refractivity contribution < 1.29 is 0 Å². The van der Waals surface area contributed by atoms with E-state index in [0.717, 1.165) is 19.5 Å². The van der Waals surface area contributed by atoms with Crippen LogP contribution in [0.2, 0.25) is 0 Å². The lowest BCUT2D eigenvalue weighted by Gasteiger charge is -2.17. The van der Waals surface area contributed by atoms with Gasteiger partial charge in [-0.05, 0) is 70.0 Å². The molecule has 1 rings (SSSR count). The van der Waals surface area contributed by atoms with Crippen LogP contribution in [0.3, 0.4) is 0 Å². The average Bonchev–Trinajstić information content (AvgIpc) is 2.25. The molecule has 2 N–H and O–H groups in total. The number of anilines is 1. The zero-order valence-corrected chi connectivity index (χ0v) is 11.2. The molecule has 0 amide bonds. The SMILES string of the molecule is CNCCCNc1c(C)c(C)cc(C)c1C. The summed E-state index contributed by atoms with van der Waals surface area (Å²) < 4.78 is 0. The molecule has 2 heteroatoms. The summed E-state index contributed by atoms with van der Waals surface area (Å²) in [5.41, 5.74) is 6.84. The molecule has 0 unspecified atom stereocenters. The van der Waals surface area contributed by atoms with Gasteiger partial charge in [0, 0.05) is 12.2 Å². The first-order valence-electron chi connectivity index (χ1n) is 6.03. The van der Waals surface area contributed by atoms with E-state index >= 15 is 0 Å². The summed E-state index contributed by atoms with van der Waals surface area (Å²) in [6.45, 7) is 10.9. The number of benzene rings is 1. The molecule has 0 saturated heterocycles. The van der Waals surface area contributed by atoms with Crippen LogP contribution in [0.1, 0.15) is 28.7 Å². The number of hydrogen-bond acceptors (Lipinski definition) is 2. The van der Waals surface area contributed by atoms with Gasteiger partial charge in [-0.15, -0.1) is 0 Å². The van der Waals surface area contributed by atoms with Gasteiger partial charge in [0.15, 0.2) is 0 Å². The highest BCUT2D eigenvalue weighted by Gasteiger charge is 2.07. The van der Waals surface area contributed by atoms with Crippen molar-refractivity contribution in [1.29, 1.82) is 0 Å². The van der Waals surface area contributed by atoms with E-state index in [1.165, 1.54) is 27.9 Å². The molecular formula is C14H24N2. The first kappa shape index (κ1) is 13.0. The van der Waals surface area contributed by atoms with E-state index in [0.29, 0.717) is 0 Å². The Morgan fingerprint density at radius 3 is 2.00 bits per heavy atom. The van der Waals surface area contributed by atoms with E-state index in [-0.39, 0.29) is 0 Å². The fourth-order valence-electron chi connectivity index (χ4n) is 1.96. The molecule has 0 bridgehead atoms. The Labute approximate surface area is 99.5 Å². The van der Waals surface area contributed by atoms with Gasteiger partial charge in [0.25, 0.3) is 0 Å². The fourth-order valence-corrected chi connectivity index (χ4v) is 1.96. The zero-order valence-electron chi connectivity index (χ0n) is 11.2. The summed E-state index contributed by atoms with van der Waals surface area (Å²) in [7, 11) is 1.99. The molecule has 0 fully saturated rings. The van der Waals surface area contributed by atoms with E-state index in [9.17, 15) is 0 Å². The Bertz CT molecular complexity index is 330. The summed E-state index contributed by atoms with van der Waals surface area (Å²) in [5.74, 6) is 0. The van der Waals surface area contributed by atoms with Crippen LogP contribution in [0.5, 0.6) is 0 Å². The van der Waals surface area contributed by atoms with Crippen molar-refractivity contribution in [3.8, 4) is 0 Å². The van der Waals surface area contributed by atoms with Gasteiger partial charge in [-0.1, -0.05) is 6.07 Å². The van der Waals surface area contributed by atoms with Crippen molar-refractivity contribution >= 4 is 5.69 Å². The molecule has 0 saturated carbocycles. The Hall–Kier alpha value is -1.02. The summed E-state index contributed by atoms with van der Waals surface area (Å²) in [5, 5.41) is 6.72. The van der Waals surface area contributed by atoms with Crippen LogP contribution in [-0.4, -0.2) is 20.1 Å². The topological polar surface area (TPSA) is 24.1 Å². The Kier molecular flexibility index (Phi) is 4.81. The van der Waals surface area contributed by atoms with Crippen molar-refractivity contribution in [1.82, 2.24) is 5.32 Å². The van der Waals surface area contributed by atoms with Crippen molar-refractivity contribution in [2.75, 3.05) is 25.5 Å². The smallest absolute Gasteiger partial charge is 0.0404 e. The standard InChI is InChI=1S/C14H24N2/c1-10-9-11(2)13(4)14(12(10)3)16-8-6-7-15-5/h9,15-16H,6-8H2,1-5H3. The van der Waals surface area contributed by atoms with Crippen LogP contribution in [-0.2, 0) is 0 Å². The first-order valence-corrected chi connectivity index (χ1v) is 6.03. The van der Waals surface area contributed by atoms with Crippen LogP contribution in [0.15, 0.2) is 6.07 Å². The van der Waals surface area contributed by atoms with Crippen LogP contribution >= 0.6 is 0 Å². The molecule has 90 valence electrons. The maximum Gasteiger partial charge on any atom is 0.0404 e. The van der Waals surface area contributed by atoms with Crippen molar-refractivity contribution in [3.63, 3.8) is 0 Å². The number of hydrogen-bond donors (Lipinski definition) is 2. The molecule has 0 atom stereocenters. The summed E-state index contributed by atoms with van der Waals surface area (Å²) >= 11 is 0. The van der Waals surface area contributed by atoms with Gasteiger partial charge in [-0.25, -0.2) is 0 Å². The minimum absolute atomic E-state index is 1.03. The van der Waals surface area contributed by atoms with E-state index in [4.69, 9.17) is 0 Å². The predicted octanol–water partition coefficient (Wildman–Crippen LogP) is 2.94. The van der Waals surface area contributed by atoms with Crippen LogP contribution in [0.4, 0.5) is 5.69 Å². The molecule has 1 aromatic rings. The maximum atomic E-state index is 3.56.